The summed E-state index contributed by atoms with van der Waals surface area (Å²) in [4.78, 5) is 5.90. The van der Waals surface area contributed by atoms with E-state index >= 15 is 0 Å². The molecule has 2 aliphatic heterocycles. The van der Waals surface area contributed by atoms with E-state index in [9.17, 15) is 0 Å². The fourth-order valence-electron chi connectivity index (χ4n) is 3.85. The van der Waals surface area contributed by atoms with Crippen LogP contribution < -0.4 is 0 Å². The molecule has 0 amide bonds. The van der Waals surface area contributed by atoms with Crippen LogP contribution in [-0.4, -0.2) is 47.7 Å². The van der Waals surface area contributed by atoms with E-state index in [0.29, 0.717) is 0 Å². The topological polar surface area (TPSA) is 53.0 Å². The minimum absolute atomic E-state index is 0.744. The van der Waals surface area contributed by atoms with Gasteiger partial charge in [0.05, 0.1) is 18.9 Å². The Bertz CT molecular complexity index is 1040. The molecule has 1 aromatic heterocycles. The molecule has 3 heterocycles. The number of H-pyrrole nitrogens is 1. The van der Waals surface area contributed by atoms with Crippen molar-refractivity contribution < 1.29 is 4.74 Å². The summed E-state index contributed by atoms with van der Waals surface area (Å²) >= 11 is 0. The van der Waals surface area contributed by atoms with E-state index in [1.54, 1.807) is 0 Å². The fraction of sp³-hybridized carbons (Fsp3) is 0.273. The van der Waals surface area contributed by atoms with E-state index in [-0.39, 0.29) is 0 Å². The van der Waals surface area contributed by atoms with E-state index < -0.39 is 0 Å². The van der Waals surface area contributed by atoms with Crippen molar-refractivity contribution in [1.82, 2.24) is 9.88 Å². The average molecular weight is 358 g/mol. The molecule has 5 rings (SSSR count). The molecule has 0 spiro atoms. The van der Waals surface area contributed by atoms with E-state index in [0.717, 1.165) is 61.0 Å². The standard InChI is InChI=1S/C22H22N4O/c1-15-6-8-16(9-7-15)21-22-18(17-4-2-3-5-19(17)23-22)14-20(24-25-21)26-10-12-27-13-11-26/h2-9,23H,10-14H2,1H3. The Kier molecular flexibility index (Phi) is 4.02. The lowest BCUT2D eigenvalue weighted by atomic mass is 9.99. The zero-order chi connectivity index (χ0) is 18.2. The molecule has 3 aromatic rings. The maximum absolute atomic E-state index is 5.51. The van der Waals surface area contributed by atoms with Crippen LogP contribution in [0.4, 0.5) is 0 Å². The van der Waals surface area contributed by atoms with Gasteiger partial charge in [-0.1, -0.05) is 48.0 Å². The highest BCUT2D eigenvalue weighted by molar-refractivity contribution is 6.16. The first-order chi connectivity index (χ1) is 13.3. The quantitative estimate of drug-likeness (QED) is 0.724. The number of hydrogen-bond donors (Lipinski definition) is 1. The fourth-order valence-corrected chi connectivity index (χ4v) is 3.85. The van der Waals surface area contributed by atoms with Gasteiger partial charge >= 0.3 is 0 Å². The highest BCUT2D eigenvalue weighted by atomic mass is 16.5. The van der Waals surface area contributed by atoms with Gasteiger partial charge in [0.25, 0.3) is 0 Å². The summed E-state index contributed by atoms with van der Waals surface area (Å²) in [5.74, 6) is 1.02. The third kappa shape index (κ3) is 2.94. The van der Waals surface area contributed by atoms with E-state index in [4.69, 9.17) is 9.84 Å². The van der Waals surface area contributed by atoms with Gasteiger partial charge in [-0.2, -0.15) is 0 Å². The number of hydrogen-bond acceptors (Lipinski definition) is 4. The Morgan fingerprint density at radius 1 is 0.963 bits per heavy atom. The predicted molar refractivity (Wildman–Crippen MR) is 109 cm³/mol. The highest BCUT2D eigenvalue weighted by Crippen LogP contribution is 2.28. The zero-order valence-electron chi connectivity index (χ0n) is 15.4. The molecule has 0 aliphatic carbocycles. The van der Waals surface area contributed by atoms with Crippen molar-refractivity contribution in [1.29, 1.82) is 0 Å². The summed E-state index contributed by atoms with van der Waals surface area (Å²) in [6.07, 6.45) is 0.776. The average Bonchev–Trinajstić information content (AvgIpc) is 2.96. The lowest BCUT2D eigenvalue weighted by Gasteiger charge is -2.29. The van der Waals surface area contributed by atoms with Gasteiger partial charge in [-0.25, -0.2) is 0 Å². The first kappa shape index (κ1) is 16.3. The molecule has 0 atom stereocenters. The second kappa shape index (κ2) is 6.67. The Hall–Kier alpha value is -2.92. The molecule has 0 saturated carbocycles. The molecule has 0 radical (unpaired) electrons. The van der Waals surface area contributed by atoms with Gasteiger partial charge in [0, 0.05) is 36.0 Å². The molecule has 2 aliphatic rings. The van der Waals surface area contributed by atoms with Crippen molar-refractivity contribution >= 4 is 22.5 Å². The highest BCUT2D eigenvalue weighted by Gasteiger charge is 2.25. The number of aromatic nitrogens is 1. The molecule has 5 heteroatoms. The monoisotopic (exact) mass is 358 g/mol. The van der Waals surface area contributed by atoms with E-state index in [1.807, 2.05) is 0 Å². The first-order valence-electron chi connectivity index (χ1n) is 9.44. The molecule has 5 nitrogen and oxygen atoms in total. The molecular weight excluding hydrogens is 336 g/mol. The smallest absolute Gasteiger partial charge is 0.132 e. The van der Waals surface area contributed by atoms with Crippen molar-refractivity contribution in [2.75, 3.05) is 26.3 Å². The molecular formula is C22H22N4O. The Morgan fingerprint density at radius 2 is 1.74 bits per heavy atom. The largest absolute Gasteiger partial charge is 0.378 e. The number of ether oxygens (including phenoxy) is 1. The van der Waals surface area contributed by atoms with Crippen LogP contribution in [0.5, 0.6) is 0 Å². The number of nitrogens with zero attached hydrogens (tertiary/aromatic N) is 3. The summed E-state index contributed by atoms with van der Waals surface area (Å²) in [6.45, 7) is 5.32. The second-order valence-corrected chi connectivity index (χ2v) is 7.13. The van der Waals surface area contributed by atoms with Crippen LogP contribution in [0.3, 0.4) is 0 Å². The molecule has 1 N–H and O–H groups in total. The third-order valence-corrected chi connectivity index (χ3v) is 5.35. The van der Waals surface area contributed by atoms with Gasteiger partial charge in [0.2, 0.25) is 0 Å². The van der Waals surface area contributed by atoms with E-state index in [2.05, 4.69) is 70.4 Å². The van der Waals surface area contributed by atoms with Crippen molar-refractivity contribution in [3.63, 3.8) is 0 Å². The molecule has 2 aromatic carbocycles. The van der Waals surface area contributed by atoms with Crippen LogP contribution in [0.25, 0.3) is 10.9 Å². The molecule has 0 bridgehead atoms. The number of fused-ring (bicyclic) bond motifs is 3. The summed E-state index contributed by atoms with van der Waals surface area (Å²) < 4.78 is 5.51. The van der Waals surface area contributed by atoms with Gasteiger partial charge in [0.1, 0.15) is 11.5 Å². The van der Waals surface area contributed by atoms with Crippen molar-refractivity contribution in [2.24, 2.45) is 10.2 Å². The Labute approximate surface area is 158 Å². The molecule has 136 valence electrons. The van der Waals surface area contributed by atoms with Gasteiger partial charge in [-0.15, -0.1) is 10.2 Å². The number of nitrogens with one attached hydrogen (secondary N) is 1. The van der Waals surface area contributed by atoms with Crippen LogP contribution in [0.1, 0.15) is 22.4 Å². The minimum atomic E-state index is 0.744. The predicted octanol–water partition coefficient (Wildman–Crippen LogP) is 3.52. The summed E-state index contributed by atoms with van der Waals surface area (Å²) in [7, 11) is 0. The van der Waals surface area contributed by atoms with Crippen LogP contribution in [0.15, 0.2) is 58.7 Å². The molecule has 1 saturated heterocycles. The molecule has 27 heavy (non-hydrogen) atoms. The third-order valence-electron chi connectivity index (χ3n) is 5.35. The number of morpholine rings is 1. The van der Waals surface area contributed by atoms with Gasteiger partial charge in [0.15, 0.2) is 0 Å². The zero-order valence-corrected chi connectivity index (χ0v) is 15.4. The SMILES string of the molecule is Cc1ccc(C2=NN=C(N3CCOCC3)Cc3c2[nH]c2ccccc32)cc1. The van der Waals surface area contributed by atoms with Crippen molar-refractivity contribution in [2.45, 2.75) is 13.3 Å². The van der Waals surface area contributed by atoms with Crippen molar-refractivity contribution in [3.8, 4) is 0 Å². The second-order valence-electron chi connectivity index (χ2n) is 7.13. The lowest BCUT2D eigenvalue weighted by Crippen LogP contribution is -2.41. The number of rotatable bonds is 1. The van der Waals surface area contributed by atoms with Gasteiger partial charge < -0.3 is 14.6 Å². The molecule has 0 unspecified atom stereocenters. The number of para-hydroxylation sites is 1. The Morgan fingerprint density at radius 3 is 2.56 bits per heavy atom. The van der Waals surface area contributed by atoms with Gasteiger partial charge in [-0.3, -0.25) is 0 Å². The first-order valence-corrected chi connectivity index (χ1v) is 9.44. The Balaban J connectivity index is 1.67. The maximum Gasteiger partial charge on any atom is 0.132 e. The van der Waals surface area contributed by atoms with Crippen LogP contribution in [0, 0.1) is 6.92 Å². The number of aryl methyl sites for hydroxylation is 1. The number of aromatic amines is 1. The summed E-state index contributed by atoms with van der Waals surface area (Å²) in [5.41, 5.74) is 6.72. The van der Waals surface area contributed by atoms with Crippen LogP contribution in [-0.2, 0) is 11.2 Å². The number of benzene rings is 2. The maximum atomic E-state index is 5.51. The van der Waals surface area contributed by atoms with Crippen LogP contribution in [0.2, 0.25) is 0 Å². The summed E-state index contributed by atoms with van der Waals surface area (Å²) in [6, 6.07) is 17.0. The number of amidine groups is 1. The van der Waals surface area contributed by atoms with Crippen molar-refractivity contribution in [3.05, 3.63) is 70.9 Å². The molecule has 1 fully saturated rings. The normalized spacial score (nSPS) is 17.3. The summed E-state index contributed by atoms with van der Waals surface area (Å²) in [5, 5.41) is 10.6. The lowest BCUT2D eigenvalue weighted by molar-refractivity contribution is 0.0673. The van der Waals surface area contributed by atoms with E-state index in [1.165, 1.54) is 16.5 Å². The van der Waals surface area contributed by atoms with Gasteiger partial charge in [-0.05, 0) is 18.6 Å². The van der Waals surface area contributed by atoms with Crippen LogP contribution >= 0.6 is 0 Å². The minimum Gasteiger partial charge on any atom is -0.378 e.